The van der Waals surface area contributed by atoms with Crippen molar-refractivity contribution in [2.24, 2.45) is 0 Å². The molecule has 1 rings (SSSR count). The molecular weight excluding hydrogens is 286 g/mol. The molecule has 0 fully saturated rings. The summed E-state index contributed by atoms with van der Waals surface area (Å²) in [5.41, 5.74) is 0.291. The second kappa shape index (κ2) is 6.99. The van der Waals surface area contributed by atoms with Crippen molar-refractivity contribution in [3.8, 4) is 11.5 Å². The average Bonchev–Trinajstić information content (AvgIpc) is 2.37. The number of ether oxygens (including phenoxy) is 2. The zero-order valence-corrected chi connectivity index (χ0v) is 12.1. The molecule has 1 aromatic rings. The van der Waals surface area contributed by atoms with E-state index < -0.39 is 28.2 Å². The SMILES string of the molecule is CCOc1cc(NS(=O)(=O)CCC(=O)O)ccc1OC. The standard InChI is InChI=1S/C12H17NO6S/c1-3-19-11-8-9(4-5-10(11)18-2)13-20(16,17)7-6-12(14)15/h4-5,8,13H,3,6-7H2,1-2H3,(H,14,15). The minimum Gasteiger partial charge on any atom is -0.493 e. The normalized spacial score (nSPS) is 10.9. The van der Waals surface area contributed by atoms with Crippen LogP contribution in [-0.2, 0) is 14.8 Å². The smallest absolute Gasteiger partial charge is 0.304 e. The molecule has 112 valence electrons. The Morgan fingerprint density at radius 3 is 2.60 bits per heavy atom. The molecule has 0 aliphatic rings. The first-order valence-corrected chi connectivity index (χ1v) is 7.56. The zero-order valence-electron chi connectivity index (χ0n) is 11.3. The van der Waals surface area contributed by atoms with E-state index in [0.29, 0.717) is 23.8 Å². The van der Waals surface area contributed by atoms with Gasteiger partial charge in [-0.2, -0.15) is 0 Å². The number of carbonyl (C=O) groups is 1. The molecular formula is C12H17NO6S. The topological polar surface area (TPSA) is 102 Å². The third kappa shape index (κ3) is 4.96. The van der Waals surface area contributed by atoms with Crippen LogP contribution in [-0.4, -0.2) is 39.0 Å². The fourth-order valence-electron chi connectivity index (χ4n) is 1.46. The van der Waals surface area contributed by atoms with Crippen LogP contribution < -0.4 is 14.2 Å². The summed E-state index contributed by atoms with van der Waals surface area (Å²) in [6, 6.07) is 4.57. The van der Waals surface area contributed by atoms with Gasteiger partial charge < -0.3 is 14.6 Å². The number of hydrogen-bond acceptors (Lipinski definition) is 5. The predicted octanol–water partition coefficient (Wildman–Crippen LogP) is 1.31. The first kappa shape index (κ1) is 16.1. The quantitative estimate of drug-likeness (QED) is 0.750. The van der Waals surface area contributed by atoms with E-state index >= 15 is 0 Å². The van der Waals surface area contributed by atoms with Gasteiger partial charge in [0.1, 0.15) is 0 Å². The Bertz CT molecular complexity index is 569. The maximum absolute atomic E-state index is 11.7. The Kier molecular flexibility index (Phi) is 5.63. The third-order valence-electron chi connectivity index (χ3n) is 2.32. The van der Waals surface area contributed by atoms with E-state index in [1.54, 1.807) is 13.0 Å². The average molecular weight is 303 g/mol. The lowest BCUT2D eigenvalue weighted by Crippen LogP contribution is -2.18. The number of sulfonamides is 1. The molecule has 0 radical (unpaired) electrons. The lowest BCUT2D eigenvalue weighted by Gasteiger charge is -2.12. The van der Waals surface area contributed by atoms with Gasteiger partial charge in [0.2, 0.25) is 10.0 Å². The molecule has 8 heteroatoms. The van der Waals surface area contributed by atoms with E-state index in [0.717, 1.165) is 0 Å². The summed E-state index contributed by atoms with van der Waals surface area (Å²) in [7, 11) is -2.23. The van der Waals surface area contributed by atoms with E-state index in [1.165, 1.54) is 19.2 Å². The highest BCUT2D eigenvalue weighted by Gasteiger charge is 2.14. The number of hydrogen-bond donors (Lipinski definition) is 2. The van der Waals surface area contributed by atoms with Crippen molar-refractivity contribution in [1.82, 2.24) is 0 Å². The number of carboxylic acids is 1. The van der Waals surface area contributed by atoms with Crippen LogP contribution in [0.1, 0.15) is 13.3 Å². The first-order chi connectivity index (χ1) is 9.38. The Morgan fingerprint density at radius 2 is 2.05 bits per heavy atom. The van der Waals surface area contributed by atoms with E-state index in [2.05, 4.69) is 4.72 Å². The van der Waals surface area contributed by atoms with Crippen molar-refractivity contribution in [1.29, 1.82) is 0 Å². The third-order valence-corrected chi connectivity index (χ3v) is 3.61. The van der Waals surface area contributed by atoms with Gasteiger partial charge >= 0.3 is 5.97 Å². The van der Waals surface area contributed by atoms with Gasteiger partial charge in [0.05, 0.1) is 31.6 Å². The number of benzene rings is 1. The highest BCUT2D eigenvalue weighted by atomic mass is 32.2. The predicted molar refractivity (Wildman–Crippen MR) is 73.8 cm³/mol. The van der Waals surface area contributed by atoms with Crippen LogP contribution >= 0.6 is 0 Å². The van der Waals surface area contributed by atoms with E-state index in [4.69, 9.17) is 14.6 Å². The second-order valence-electron chi connectivity index (χ2n) is 3.86. The van der Waals surface area contributed by atoms with Crippen LogP contribution in [0.25, 0.3) is 0 Å². The Balaban J connectivity index is 2.87. The lowest BCUT2D eigenvalue weighted by atomic mass is 10.3. The molecule has 0 heterocycles. The van der Waals surface area contributed by atoms with Gasteiger partial charge in [-0.1, -0.05) is 0 Å². The molecule has 0 aromatic heterocycles. The van der Waals surface area contributed by atoms with Gasteiger partial charge in [0.15, 0.2) is 11.5 Å². The van der Waals surface area contributed by atoms with Gasteiger partial charge in [0, 0.05) is 6.07 Å². The maximum Gasteiger partial charge on any atom is 0.304 e. The lowest BCUT2D eigenvalue weighted by molar-refractivity contribution is -0.136. The number of aliphatic carboxylic acids is 1. The molecule has 0 bridgehead atoms. The molecule has 0 saturated carbocycles. The van der Waals surface area contributed by atoms with Crippen molar-refractivity contribution in [2.75, 3.05) is 24.2 Å². The fourth-order valence-corrected chi connectivity index (χ4v) is 2.49. The van der Waals surface area contributed by atoms with Crippen LogP contribution in [0.5, 0.6) is 11.5 Å². The maximum atomic E-state index is 11.7. The molecule has 7 nitrogen and oxygen atoms in total. The van der Waals surface area contributed by atoms with Crippen molar-refractivity contribution < 1.29 is 27.8 Å². The molecule has 0 unspecified atom stereocenters. The molecule has 20 heavy (non-hydrogen) atoms. The largest absolute Gasteiger partial charge is 0.493 e. The van der Waals surface area contributed by atoms with Crippen LogP contribution in [0, 0.1) is 0 Å². The van der Waals surface area contributed by atoms with E-state index in [-0.39, 0.29) is 0 Å². The summed E-state index contributed by atoms with van der Waals surface area (Å²) in [5.74, 6) is -0.757. The van der Waals surface area contributed by atoms with Gasteiger partial charge in [-0.15, -0.1) is 0 Å². The summed E-state index contributed by atoms with van der Waals surface area (Å²) in [5, 5.41) is 8.50. The van der Waals surface area contributed by atoms with Crippen LogP contribution in [0.15, 0.2) is 18.2 Å². The Labute approximate surface area is 117 Å². The van der Waals surface area contributed by atoms with Gasteiger partial charge in [-0.3, -0.25) is 9.52 Å². The molecule has 0 aliphatic heterocycles. The summed E-state index contributed by atoms with van der Waals surface area (Å²) in [6.45, 7) is 2.20. The van der Waals surface area contributed by atoms with Gasteiger partial charge in [-0.05, 0) is 19.1 Å². The highest BCUT2D eigenvalue weighted by molar-refractivity contribution is 7.92. The first-order valence-electron chi connectivity index (χ1n) is 5.91. The molecule has 0 atom stereocenters. The summed E-state index contributed by atoms with van der Waals surface area (Å²) < 4.78 is 36.1. The molecule has 0 saturated heterocycles. The zero-order chi connectivity index (χ0) is 15.2. The number of anilines is 1. The number of carboxylic acid groups (broad SMARTS) is 1. The van der Waals surface area contributed by atoms with Crippen molar-refractivity contribution in [2.45, 2.75) is 13.3 Å². The molecule has 0 spiro atoms. The van der Waals surface area contributed by atoms with Crippen molar-refractivity contribution >= 4 is 21.7 Å². The number of nitrogens with one attached hydrogen (secondary N) is 1. The summed E-state index contributed by atoms with van der Waals surface area (Å²) in [4.78, 5) is 10.4. The Hall–Kier alpha value is -1.96. The van der Waals surface area contributed by atoms with Crippen LogP contribution in [0.4, 0.5) is 5.69 Å². The summed E-state index contributed by atoms with van der Waals surface area (Å²) in [6.07, 6.45) is -0.455. The minimum absolute atomic E-state index is 0.291. The fraction of sp³-hybridized carbons (Fsp3) is 0.417. The van der Waals surface area contributed by atoms with Gasteiger partial charge in [-0.25, -0.2) is 8.42 Å². The summed E-state index contributed by atoms with van der Waals surface area (Å²) >= 11 is 0. The van der Waals surface area contributed by atoms with Crippen LogP contribution in [0.3, 0.4) is 0 Å². The van der Waals surface area contributed by atoms with Crippen molar-refractivity contribution in [3.05, 3.63) is 18.2 Å². The molecule has 0 amide bonds. The Morgan fingerprint density at radius 1 is 1.35 bits per heavy atom. The molecule has 0 aliphatic carbocycles. The van der Waals surface area contributed by atoms with E-state index in [1.807, 2.05) is 0 Å². The monoisotopic (exact) mass is 303 g/mol. The number of methoxy groups -OCH3 is 1. The van der Waals surface area contributed by atoms with Crippen LogP contribution in [0.2, 0.25) is 0 Å². The van der Waals surface area contributed by atoms with E-state index in [9.17, 15) is 13.2 Å². The number of rotatable bonds is 8. The molecule has 1 aromatic carbocycles. The second-order valence-corrected chi connectivity index (χ2v) is 5.71. The highest BCUT2D eigenvalue weighted by Crippen LogP contribution is 2.30. The minimum atomic E-state index is -3.71. The van der Waals surface area contributed by atoms with Crippen molar-refractivity contribution in [3.63, 3.8) is 0 Å². The molecule has 2 N–H and O–H groups in total. The van der Waals surface area contributed by atoms with Gasteiger partial charge in [0.25, 0.3) is 0 Å².